The van der Waals surface area contributed by atoms with Crippen molar-refractivity contribution < 1.29 is 14.6 Å². The van der Waals surface area contributed by atoms with Gasteiger partial charge in [0.15, 0.2) is 4.77 Å². The highest BCUT2D eigenvalue weighted by atomic mass is 32.1. The average Bonchev–Trinajstić information content (AvgIpc) is 3.15. The lowest BCUT2D eigenvalue weighted by Crippen LogP contribution is -2.25. The van der Waals surface area contributed by atoms with E-state index in [1.165, 1.54) is 11.5 Å². The van der Waals surface area contributed by atoms with Crippen LogP contribution in [0.1, 0.15) is 25.8 Å². The number of carbonyl (C=O) groups is 1. The van der Waals surface area contributed by atoms with Crippen molar-refractivity contribution in [3.63, 3.8) is 0 Å². The molecule has 34 heavy (non-hydrogen) atoms. The fraction of sp³-hybridized carbons (Fsp3) is 0.200. The predicted molar refractivity (Wildman–Crippen MR) is 132 cm³/mol. The smallest absolute Gasteiger partial charge is 0.262 e. The topological polar surface area (TPSA) is 109 Å². The molecule has 3 aromatic rings. The van der Waals surface area contributed by atoms with E-state index in [1.807, 2.05) is 31.2 Å². The van der Waals surface area contributed by atoms with E-state index in [4.69, 9.17) is 17.0 Å². The number of para-hydroxylation sites is 1. The van der Waals surface area contributed by atoms with E-state index in [1.54, 1.807) is 30.3 Å². The highest BCUT2D eigenvalue weighted by Gasteiger charge is 2.18. The molecule has 0 saturated heterocycles. The molecule has 0 radical (unpaired) electrons. The van der Waals surface area contributed by atoms with Gasteiger partial charge in [0.1, 0.15) is 11.3 Å². The number of nitrogens with one attached hydrogen (secondary N) is 2. The van der Waals surface area contributed by atoms with Crippen LogP contribution in [0.15, 0.2) is 64.0 Å². The minimum Gasteiger partial charge on any atom is -0.494 e. The lowest BCUT2D eigenvalue weighted by Gasteiger charge is -2.13. The highest BCUT2D eigenvalue weighted by molar-refractivity contribution is 7.71. The number of nitrogens with zero attached hydrogens (tertiary/aromatic N) is 2. The number of carbonyl (C=O) groups excluding carboxylic acids is 1. The zero-order valence-electron chi connectivity index (χ0n) is 18.8. The van der Waals surface area contributed by atoms with Gasteiger partial charge in [-0.3, -0.25) is 19.1 Å². The summed E-state index contributed by atoms with van der Waals surface area (Å²) in [6.45, 7) is 4.31. The number of H-pyrrole nitrogens is 1. The number of aromatic nitrogens is 2. The molecule has 4 rings (SSSR count). The van der Waals surface area contributed by atoms with E-state index in [2.05, 4.69) is 15.3 Å². The van der Waals surface area contributed by atoms with E-state index in [9.17, 15) is 14.7 Å². The van der Waals surface area contributed by atoms with Crippen LogP contribution in [-0.2, 0) is 4.79 Å². The first kappa shape index (κ1) is 23.2. The lowest BCUT2D eigenvalue weighted by atomic mass is 10.1. The first-order valence-corrected chi connectivity index (χ1v) is 11.2. The fourth-order valence-electron chi connectivity index (χ4n) is 3.81. The van der Waals surface area contributed by atoms with Crippen LogP contribution in [0.2, 0.25) is 0 Å². The first-order chi connectivity index (χ1) is 16.4. The average molecular weight is 477 g/mol. The number of hydrogen-bond donors (Lipinski definition) is 3. The molecule has 1 aromatic heterocycles. The van der Waals surface area contributed by atoms with Crippen LogP contribution in [-0.4, -0.2) is 33.7 Å². The molecule has 1 aliphatic rings. The molecule has 0 unspecified atom stereocenters. The largest absolute Gasteiger partial charge is 0.494 e. The molecule has 0 spiro atoms. The summed E-state index contributed by atoms with van der Waals surface area (Å²) in [5.74, 6) is 0.267. The maximum absolute atomic E-state index is 12.8. The molecular formula is C25H24N4O4S. The monoisotopic (exact) mass is 476 g/mol. The molecule has 0 fully saturated rings. The van der Waals surface area contributed by atoms with Crippen molar-refractivity contribution in [2.24, 2.45) is 4.99 Å². The quantitative estimate of drug-likeness (QED) is 0.454. The second-order valence-electron chi connectivity index (χ2n) is 7.63. The molecule has 1 amide bonds. The van der Waals surface area contributed by atoms with Gasteiger partial charge in [0.2, 0.25) is 11.8 Å². The summed E-state index contributed by atoms with van der Waals surface area (Å²) >= 11 is 5.32. The number of ether oxygens (including phenoxy) is 1. The minimum atomic E-state index is -0.524. The number of allylic oxidation sites excluding steroid dienone is 1. The maximum Gasteiger partial charge on any atom is 0.262 e. The van der Waals surface area contributed by atoms with E-state index in [-0.39, 0.29) is 22.1 Å². The Hall–Kier alpha value is -3.98. The lowest BCUT2D eigenvalue weighted by molar-refractivity contribution is -0.118. The highest BCUT2D eigenvalue weighted by Crippen LogP contribution is 2.26. The Balaban J connectivity index is 1.81. The van der Waals surface area contributed by atoms with Gasteiger partial charge >= 0.3 is 0 Å². The Morgan fingerprint density at radius 1 is 1.24 bits per heavy atom. The van der Waals surface area contributed by atoms with Gasteiger partial charge in [-0.15, -0.1) is 0 Å². The number of benzene rings is 2. The molecule has 174 valence electrons. The number of rotatable bonds is 7. The molecule has 3 N–H and O–H groups in total. The van der Waals surface area contributed by atoms with Gasteiger partial charge in [0, 0.05) is 18.7 Å². The van der Waals surface area contributed by atoms with Crippen molar-refractivity contribution in [2.75, 3.05) is 13.2 Å². The third kappa shape index (κ3) is 4.69. The summed E-state index contributed by atoms with van der Waals surface area (Å²) in [5.41, 5.74) is 1.50. The standard InChI is InChI=1S/C25H24N4O4S/c1-3-33-17-10-8-16(9-11-17)29-24(32)20(23(31)28-25(29)34)14-22-19(12-13-26-15(2)30)18-6-4-5-7-21(18)27-22/h4-11,14,32H,3,12-13H2,1-2H3,(H,26,30)(H,28,31,34)/b22-14-. The number of aromatic hydroxyl groups is 1. The molecule has 8 nitrogen and oxygen atoms in total. The van der Waals surface area contributed by atoms with Crippen LogP contribution < -0.4 is 26.2 Å². The number of aromatic amines is 1. The van der Waals surface area contributed by atoms with Gasteiger partial charge in [0.05, 0.1) is 23.3 Å². The van der Waals surface area contributed by atoms with Gasteiger partial charge in [0.25, 0.3) is 5.56 Å². The molecule has 2 heterocycles. The van der Waals surface area contributed by atoms with Crippen molar-refractivity contribution in [2.45, 2.75) is 20.3 Å². The summed E-state index contributed by atoms with van der Waals surface area (Å²) in [5, 5.41) is 15.6. The van der Waals surface area contributed by atoms with E-state index in [0.717, 1.165) is 16.1 Å². The Morgan fingerprint density at radius 3 is 2.68 bits per heavy atom. The number of amides is 1. The molecule has 9 heteroatoms. The summed E-state index contributed by atoms with van der Waals surface area (Å²) in [6.07, 6.45) is 2.07. The summed E-state index contributed by atoms with van der Waals surface area (Å²) in [4.78, 5) is 31.4. The summed E-state index contributed by atoms with van der Waals surface area (Å²) < 4.78 is 6.92. The van der Waals surface area contributed by atoms with Gasteiger partial charge in [-0.25, -0.2) is 4.99 Å². The Morgan fingerprint density at radius 2 is 1.97 bits per heavy atom. The van der Waals surface area contributed by atoms with Gasteiger partial charge in [-0.2, -0.15) is 0 Å². The molecule has 0 saturated carbocycles. The maximum atomic E-state index is 12.8. The van der Waals surface area contributed by atoms with Crippen molar-refractivity contribution >= 4 is 29.8 Å². The molecule has 0 aliphatic carbocycles. The SMILES string of the molecule is CCOc1ccc(-n2c(O)c(/C=C3\N=c4ccccc4=C3CCNC(C)=O)c(=O)[nH]c2=S)cc1. The minimum absolute atomic E-state index is 0.0334. The first-order valence-electron chi connectivity index (χ1n) is 10.8. The predicted octanol–water partition coefficient (Wildman–Crippen LogP) is 2.35. The van der Waals surface area contributed by atoms with Crippen LogP contribution in [0, 0.1) is 4.77 Å². The molecule has 0 bridgehead atoms. The normalized spacial score (nSPS) is 13.5. The second-order valence-corrected chi connectivity index (χ2v) is 8.02. The number of hydrogen-bond acceptors (Lipinski definition) is 6. The third-order valence-electron chi connectivity index (χ3n) is 5.34. The van der Waals surface area contributed by atoms with Crippen molar-refractivity contribution in [1.82, 2.24) is 14.9 Å². The van der Waals surface area contributed by atoms with E-state index in [0.29, 0.717) is 36.7 Å². The van der Waals surface area contributed by atoms with Crippen LogP contribution >= 0.6 is 12.2 Å². The summed E-state index contributed by atoms with van der Waals surface area (Å²) in [6, 6.07) is 14.6. The van der Waals surface area contributed by atoms with Crippen LogP contribution in [0.25, 0.3) is 17.3 Å². The molecule has 0 atom stereocenters. The van der Waals surface area contributed by atoms with Gasteiger partial charge in [-0.1, -0.05) is 18.2 Å². The number of fused-ring (bicyclic) bond motifs is 1. The van der Waals surface area contributed by atoms with E-state index >= 15 is 0 Å². The second kappa shape index (κ2) is 9.88. The van der Waals surface area contributed by atoms with Crippen LogP contribution in [0.4, 0.5) is 0 Å². The molecular weight excluding hydrogens is 452 g/mol. The Kier molecular flexibility index (Phi) is 6.74. The van der Waals surface area contributed by atoms with E-state index < -0.39 is 5.56 Å². The summed E-state index contributed by atoms with van der Waals surface area (Å²) in [7, 11) is 0. The third-order valence-corrected chi connectivity index (χ3v) is 5.62. The van der Waals surface area contributed by atoms with Crippen molar-refractivity contribution in [3.8, 4) is 17.3 Å². The Labute approximate surface area is 200 Å². The zero-order valence-corrected chi connectivity index (χ0v) is 19.6. The molecule has 1 aliphatic heterocycles. The van der Waals surface area contributed by atoms with Crippen LogP contribution in [0.5, 0.6) is 11.6 Å². The van der Waals surface area contributed by atoms with Crippen molar-refractivity contribution in [1.29, 1.82) is 0 Å². The van der Waals surface area contributed by atoms with Gasteiger partial charge < -0.3 is 15.2 Å². The van der Waals surface area contributed by atoms with Crippen molar-refractivity contribution in [3.05, 3.63) is 85.5 Å². The zero-order chi connectivity index (χ0) is 24.2. The van der Waals surface area contributed by atoms with Crippen LogP contribution in [0.3, 0.4) is 0 Å². The van der Waals surface area contributed by atoms with Gasteiger partial charge in [-0.05, 0) is 67.5 Å². The molecule has 2 aromatic carbocycles. The fourth-order valence-corrected chi connectivity index (χ4v) is 4.09. The Bertz CT molecular complexity index is 1520.